The Morgan fingerprint density at radius 1 is 1.40 bits per heavy atom. The fourth-order valence-electron chi connectivity index (χ4n) is 3.11. The molecule has 1 heterocycles. The van der Waals surface area contributed by atoms with Crippen LogP contribution in [-0.4, -0.2) is 61.2 Å². The van der Waals surface area contributed by atoms with Crippen LogP contribution in [0.2, 0.25) is 0 Å². The first kappa shape index (κ1) is 16.6. The number of aliphatic hydroxyl groups is 1. The molecule has 5 heteroatoms. The maximum Gasteiger partial charge on any atom is 0.0897 e. The molecule has 0 aromatic rings. The average Bonchev–Trinajstić information content (AvgIpc) is 3.10. The highest BCUT2D eigenvalue weighted by Crippen LogP contribution is 2.39. The molecule has 2 rings (SSSR count). The van der Waals surface area contributed by atoms with Crippen LogP contribution in [0.4, 0.5) is 0 Å². The molecule has 118 valence electrons. The van der Waals surface area contributed by atoms with Crippen molar-refractivity contribution in [2.45, 2.75) is 55.5 Å². The maximum atomic E-state index is 9.92. The Kier molecular flexibility index (Phi) is 7.11. The molecule has 1 saturated heterocycles. The van der Waals surface area contributed by atoms with Gasteiger partial charge in [0, 0.05) is 24.4 Å². The molecule has 1 aliphatic heterocycles. The summed E-state index contributed by atoms with van der Waals surface area (Å²) in [6, 6.07) is 0. The molecule has 20 heavy (non-hydrogen) atoms. The molecular formula is C15H29NO3S. The quantitative estimate of drug-likeness (QED) is 0.680. The third-order valence-corrected chi connectivity index (χ3v) is 5.83. The summed E-state index contributed by atoms with van der Waals surface area (Å²) in [5, 5.41) is 13.3. The summed E-state index contributed by atoms with van der Waals surface area (Å²) >= 11 is 1.97. The summed E-state index contributed by atoms with van der Waals surface area (Å²) < 4.78 is 11.4. The standard InChI is InChI=1S/C15H29NO3S/c1-20-15(6-2-3-7-15)12-16-9-13(17)10-18-11-14-5-4-8-19-14/h13-14,16-17H,2-12H2,1H3. The van der Waals surface area contributed by atoms with Gasteiger partial charge >= 0.3 is 0 Å². The van der Waals surface area contributed by atoms with E-state index in [1.54, 1.807) is 0 Å². The van der Waals surface area contributed by atoms with E-state index in [9.17, 15) is 5.11 Å². The molecule has 1 aliphatic carbocycles. The minimum Gasteiger partial charge on any atom is -0.389 e. The van der Waals surface area contributed by atoms with Crippen LogP contribution in [-0.2, 0) is 9.47 Å². The first-order valence-electron chi connectivity index (χ1n) is 7.87. The van der Waals surface area contributed by atoms with Gasteiger partial charge in [0.25, 0.3) is 0 Å². The van der Waals surface area contributed by atoms with Crippen LogP contribution >= 0.6 is 11.8 Å². The van der Waals surface area contributed by atoms with Gasteiger partial charge in [-0.05, 0) is 31.9 Å². The Labute approximate surface area is 127 Å². The lowest BCUT2D eigenvalue weighted by atomic mass is 10.1. The van der Waals surface area contributed by atoms with Crippen LogP contribution < -0.4 is 5.32 Å². The number of hydrogen-bond donors (Lipinski definition) is 2. The molecule has 0 amide bonds. The van der Waals surface area contributed by atoms with Crippen LogP contribution in [0.15, 0.2) is 0 Å². The Hall–Kier alpha value is 0.190. The zero-order valence-corrected chi connectivity index (χ0v) is 13.4. The smallest absolute Gasteiger partial charge is 0.0897 e. The number of nitrogens with one attached hydrogen (secondary N) is 1. The van der Waals surface area contributed by atoms with E-state index in [0.29, 0.717) is 24.5 Å². The largest absolute Gasteiger partial charge is 0.389 e. The van der Waals surface area contributed by atoms with Gasteiger partial charge in [-0.2, -0.15) is 11.8 Å². The van der Waals surface area contributed by atoms with Gasteiger partial charge in [0.05, 0.1) is 25.4 Å². The van der Waals surface area contributed by atoms with Gasteiger partial charge < -0.3 is 19.9 Å². The molecule has 2 fully saturated rings. The molecule has 0 aromatic heterocycles. The molecule has 4 nitrogen and oxygen atoms in total. The van der Waals surface area contributed by atoms with Crippen molar-refractivity contribution in [1.82, 2.24) is 5.32 Å². The molecule has 0 radical (unpaired) electrons. The molecule has 2 N–H and O–H groups in total. The van der Waals surface area contributed by atoms with Crippen LogP contribution in [0.25, 0.3) is 0 Å². The molecule has 2 atom stereocenters. The Balaban J connectivity index is 1.52. The highest BCUT2D eigenvalue weighted by molar-refractivity contribution is 8.00. The number of rotatable bonds is 9. The van der Waals surface area contributed by atoms with E-state index in [1.165, 1.54) is 25.7 Å². The van der Waals surface area contributed by atoms with Gasteiger partial charge in [0.15, 0.2) is 0 Å². The fourth-order valence-corrected chi connectivity index (χ4v) is 4.05. The van der Waals surface area contributed by atoms with Crippen molar-refractivity contribution in [2.24, 2.45) is 0 Å². The van der Waals surface area contributed by atoms with Gasteiger partial charge in [-0.25, -0.2) is 0 Å². The van der Waals surface area contributed by atoms with E-state index in [0.717, 1.165) is 26.0 Å². The Bertz CT molecular complexity index is 266. The second-order valence-electron chi connectivity index (χ2n) is 6.05. The van der Waals surface area contributed by atoms with Crippen molar-refractivity contribution in [1.29, 1.82) is 0 Å². The van der Waals surface area contributed by atoms with Crippen molar-refractivity contribution >= 4 is 11.8 Å². The summed E-state index contributed by atoms with van der Waals surface area (Å²) in [5.74, 6) is 0. The highest BCUT2D eigenvalue weighted by Gasteiger charge is 2.32. The van der Waals surface area contributed by atoms with E-state index in [1.807, 2.05) is 11.8 Å². The van der Waals surface area contributed by atoms with E-state index in [4.69, 9.17) is 9.47 Å². The van der Waals surface area contributed by atoms with E-state index in [-0.39, 0.29) is 6.10 Å². The lowest BCUT2D eigenvalue weighted by Crippen LogP contribution is -2.40. The van der Waals surface area contributed by atoms with Crippen molar-refractivity contribution in [3.63, 3.8) is 0 Å². The predicted octanol–water partition coefficient (Wildman–Crippen LogP) is 1.81. The molecule has 0 aromatic carbocycles. The zero-order chi connectivity index (χ0) is 14.3. The summed E-state index contributed by atoms with van der Waals surface area (Å²) in [4.78, 5) is 0. The lowest BCUT2D eigenvalue weighted by molar-refractivity contribution is -0.0164. The Morgan fingerprint density at radius 3 is 2.85 bits per heavy atom. The van der Waals surface area contributed by atoms with Crippen LogP contribution in [0.3, 0.4) is 0 Å². The van der Waals surface area contributed by atoms with E-state index >= 15 is 0 Å². The van der Waals surface area contributed by atoms with Crippen molar-refractivity contribution in [3.8, 4) is 0 Å². The van der Waals surface area contributed by atoms with Crippen molar-refractivity contribution in [2.75, 3.05) is 39.2 Å². The SMILES string of the molecule is CSC1(CNCC(O)COCC2CCCO2)CCCC1. The fraction of sp³-hybridized carbons (Fsp3) is 1.00. The first-order chi connectivity index (χ1) is 9.74. The molecule has 1 saturated carbocycles. The molecular weight excluding hydrogens is 274 g/mol. The summed E-state index contributed by atoms with van der Waals surface area (Å²) in [6.07, 6.45) is 9.53. The minimum absolute atomic E-state index is 0.244. The van der Waals surface area contributed by atoms with Gasteiger partial charge in [-0.1, -0.05) is 12.8 Å². The lowest BCUT2D eigenvalue weighted by Gasteiger charge is -2.27. The van der Waals surface area contributed by atoms with Crippen LogP contribution in [0, 0.1) is 0 Å². The summed E-state index contributed by atoms with van der Waals surface area (Å²) in [6.45, 7) is 3.49. The zero-order valence-electron chi connectivity index (χ0n) is 12.6. The number of thioether (sulfide) groups is 1. The average molecular weight is 303 g/mol. The molecule has 0 bridgehead atoms. The third kappa shape index (κ3) is 5.19. The number of aliphatic hydroxyl groups excluding tert-OH is 1. The second-order valence-corrected chi connectivity index (χ2v) is 7.33. The van der Waals surface area contributed by atoms with Crippen molar-refractivity contribution < 1.29 is 14.6 Å². The van der Waals surface area contributed by atoms with Crippen LogP contribution in [0.5, 0.6) is 0 Å². The first-order valence-corrected chi connectivity index (χ1v) is 9.10. The van der Waals surface area contributed by atoms with E-state index in [2.05, 4.69) is 11.6 Å². The van der Waals surface area contributed by atoms with Crippen LogP contribution in [0.1, 0.15) is 38.5 Å². The monoisotopic (exact) mass is 303 g/mol. The highest BCUT2D eigenvalue weighted by atomic mass is 32.2. The minimum atomic E-state index is -0.420. The predicted molar refractivity (Wildman–Crippen MR) is 83.4 cm³/mol. The topological polar surface area (TPSA) is 50.7 Å². The molecule has 0 spiro atoms. The maximum absolute atomic E-state index is 9.92. The number of hydrogen-bond acceptors (Lipinski definition) is 5. The molecule has 2 aliphatic rings. The van der Waals surface area contributed by atoms with Gasteiger partial charge in [-0.15, -0.1) is 0 Å². The van der Waals surface area contributed by atoms with Gasteiger partial charge in [-0.3, -0.25) is 0 Å². The van der Waals surface area contributed by atoms with Gasteiger partial charge in [0.2, 0.25) is 0 Å². The van der Waals surface area contributed by atoms with Crippen molar-refractivity contribution in [3.05, 3.63) is 0 Å². The molecule has 2 unspecified atom stereocenters. The second kappa shape index (κ2) is 8.59. The van der Waals surface area contributed by atoms with E-state index < -0.39 is 6.10 Å². The summed E-state index contributed by atoms with van der Waals surface area (Å²) in [7, 11) is 0. The van der Waals surface area contributed by atoms with Gasteiger partial charge in [0.1, 0.15) is 0 Å². The third-order valence-electron chi connectivity index (χ3n) is 4.41. The summed E-state index contributed by atoms with van der Waals surface area (Å²) in [5.41, 5.74) is 0. The Morgan fingerprint density at radius 2 is 2.20 bits per heavy atom. The normalized spacial score (nSPS) is 27.0. The number of ether oxygens (including phenoxy) is 2.